The number of esters is 1. The van der Waals surface area contributed by atoms with Crippen LogP contribution in [0.25, 0.3) is 11.2 Å². The Morgan fingerprint density at radius 3 is 2.29 bits per heavy atom. The van der Waals surface area contributed by atoms with Crippen molar-refractivity contribution in [1.82, 2.24) is 24.8 Å². The first-order valence-electron chi connectivity index (χ1n) is 17.2. The number of benzene rings is 2. The van der Waals surface area contributed by atoms with Gasteiger partial charge in [-0.15, -0.1) is 0 Å². The molecule has 2 saturated carbocycles. The molecule has 2 heterocycles. The molecule has 2 aromatic carbocycles. The molecular weight excluding hydrogens is 620 g/mol. The highest BCUT2D eigenvalue weighted by Crippen LogP contribution is 2.35. The summed E-state index contributed by atoms with van der Waals surface area (Å²) in [7, 11) is 1.44. The van der Waals surface area contributed by atoms with Gasteiger partial charge in [0.1, 0.15) is 12.2 Å². The fourth-order valence-corrected chi connectivity index (χ4v) is 7.12. The number of hydrogen-bond acceptors (Lipinski definition) is 9. The zero-order valence-corrected chi connectivity index (χ0v) is 28.0. The Kier molecular flexibility index (Phi) is 10.9. The van der Waals surface area contributed by atoms with Crippen LogP contribution in [-0.4, -0.2) is 73.5 Å². The average molecular weight is 665 g/mol. The smallest absolute Gasteiger partial charge is 0.308 e. The van der Waals surface area contributed by atoms with Crippen molar-refractivity contribution in [1.29, 1.82) is 0 Å². The van der Waals surface area contributed by atoms with Gasteiger partial charge in [-0.25, -0.2) is 15.0 Å². The van der Waals surface area contributed by atoms with Crippen LogP contribution < -0.4 is 10.6 Å². The van der Waals surface area contributed by atoms with Gasteiger partial charge in [-0.2, -0.15) is 0 Å². The molecule has 256 valence electrons. The molecule has 2 aromatic heterocycles. The van der Waals surface area contributed by atoms with Crippen LogP contribution in [0.2, 0.25) is 0 Å². The highest BCUT2D eigenvalue weighted by Gasteiger charge is 2.43. The van der Waals surface area contributed by atoms with E-state index in [0.717, 1.165) is 36.8 Å². The Morgan fingerprint density at radius 2 is 1.65 bits per heavy atom. The van der Waals surface area contributed by atoms with Crippen LogP contribution in [0, 0.1) is 23.7 Å². The maximum absolute atomic E-state index is 12.1. The van der Waals surface area contributed by atoms with Gasteiger partial charge >= 0.3 is 5.97 Å². The SMILES string of the molecule is CCC(=O)N[C@H]1C[C@@H](n2cnc3c(NCC(c4ccccc4)c4ccccc4)nc(C#CCC4CCC(C(=O)OC)CC4)nc32)[C@H](O)[C@@H]1O. The predicted octanol–water partition coefficient (Wildman–Crippen LogP) is 4.35. The number of fused-ring (bicyclic) bond motifs is 1. The lowest BCUT2D eigenvalue weighted by atomic mass is 9.81. The third-order valence-corrected chi connectivity index (χ3v) is 9.95. The van der Waals surface area contributed by atoms with Crippen molar-refractivity contribution in [3.8, 4) is 11.8 Å². The van der Waals surface area contributed by atoms with E-state index in [1.54, 1.807) is 17.8 Å². The van der Waals surface area contributed by atoms with E-state index >= 15 is 0 Å². The lowest BCUT2D eigenvalue weighted by Gasteiger charge is -2.25. The minimum Gasteiger partial charge on any atom is -0.469 e. The molecule has 0 spiro atoms. The molecule has 0 saturated heterocycles. The lowest BCUT2D eigenvalue weighted by molar-refractivity contribution is -0.146. The first-order chi connectivity index (χ1) is 23.9. The van der Waals surface area contributed by atoms with Crippen molar-refractivity contribution in [2.45, 2.75) is 82.1 Å². The normalized spacial score (nSPS) is 23.5. The summed E-state index contributed by atoms with van der Waals surface area (Å²) in [4.78, 5) is 38.4. The van der Waals surface area contributed by atoms with E-state index in [-0.39, 0.29) is 30.1 Å². The zero-order valence-electron chi connectivity index (χ0n) is 28.0. The number of nitrogens with one attached hydrogen (secondary N) is 2. The number of methoxy groups -OCH3 is 1. The lowest BCUT2D eigenvalue weighted by Crippen LogP contribution is -2.42. The fraction of sp³-hybridized carbons (Fsp3) is 0.447. The first-order valence-corrected chi connectivity index (χ1v) is 17.2. The van der Waals surface area contributed by atoms with Crippen LogP contribution in [0.5, 0.6) is 0 Å². The Labute approximate surface area is 286 Å². The van der Waals surface area contributed by atoms with Crippen LogP contribution in [0.15, 0.2) is 67.0 Å². The number of imidazole rings is 1. The number of aliphatic hydroxyl groups is 2. The standard InChI is InChI=1S/C38H44N6O5/c1-3-32(45)41-29-21-30(35(47)34(29)46)44-23-40-33-36(39-22-28(25-12-6-4-7-13-25)26-14-8-5-9-15-26)42-31(43-37(33)44)16-10-11-24-17-19-27(20-18-24)38(48)49-2/h4-9,12-15,23-24,27-30,34-35,46-47H,3,11,17-22H2,1-2H3,(H,41,45)(H,39,42,43)/t24?,27?,29-,30+,34+,35-/m0/s1. The molecule has 0 radical (unpaired) electrons. The van der Waals surface area contributed by atoms with Gasteiger partial charge in [-0.05, 0) is 55.1 Å². The van der Waals surface area contributed by atoms with Crippen molar-refractivity contribution in [3.05, 3.63) is 83.9 Å². The highest BCUT2D eigenvalue weighted by atomic mass is 16.5. The van der Waals surface area contributed by atoms with E-state index in [1.807, 2.05) is 36.4 Å². The molecule has 4 aromatic rings. The molecule has 11 heteroatoms. The zero-order chi connectivity index (χ0) is 34.3. The predicted molar refractivity (Wildman–Crippen MR) is 185 cm³/mol. The molecular formula is C38H44N6O5. The Hall–Kier alpha value is -4.79. The molecule has 2 aliphatic carbocycles. The fourth-order valence-electron chi connectivity index (χ4n) is 7.12. The Balaban J connectivity index is 1.30. The summed E-state index contributed by atoms with van der Waals surface area (Å²) in [6, 6.07) is 19.4. The number of amides is 1. The van der Waals surface area contributed by atoms with Crippen LogP contribution in [0.1, 0.15) is 80.8 Å². The van der Waals surface area contributed by atoms with Crippen molar-refractivity contribution in [2.75, 3.05) is 19.0 Å². The maximum atomic E-state index is 12.1. The third-order valence-electron chi connectivity index (χ3n) is 9.95. The molecule has 4 N–H and O–H groups in total. The quantitative estimate of drug-likeness (QED) is 0.143. The number of carbonyl (C=O) groups excluding carboxylic acids is 2. The topological polar surface area (TPSA) is 151 Å². The van der Waals surface area contributed by atoms with Crippen molar-refractivity contribution in [3.63, 3.8) is 0 Å². The first kappa shape index (κ1) is 34.1. The summed E-state index contributed by atoms with van der Waals surface area (Å²) < 4.78 is 6.69. The van der Waals surface area contributed by atoms with Gasteiger partial charge < -0.3 is 30.2 Å². The van der Waals surface area contributed by atoms with Gasteiger partial charge in [0, 0.05) is 25.3 Å². The maximum Gasteiger partial charge on any atom is 0.308 e. The summed E-state index contributed by atoms with van der Waals surface area (Å²) in [5.74, 6) is 7.34. The molecule has 1 amide bonds. The monoisotopic (exact) mass is 664 g/mol. The molecule has 0 aliphatic heterocycles. The largest absolute Gasteiger partial charge is 0.469 e. The number of aromatic nitrogens is 4. The van der Waals surface area contributed by atoms with Crippen molar-refractivity contribution < 1.29 is 24.5 Å². The second kappa shape index (κ2) is 15.6. The number of aliphatic hydroxyl groups excluding tert-OH is 2. The Morgan fingerprint density at radius 1 is 0.980 bits per heavy atom. The van der Waals surface area contributed by atoms with Gasteiger partial charge in [0.2, 0.25) is 11.7 Å². The van der Waals surface area contributed by atoms with Gasteiger partial charge in [-0.3, -0.25) is 9.59 Å². The van der Waals surface area contributed by atoms with Crippen LogP contribution in [0.3, 0.4) is 0 Å². The molecule has 2 fully saturated rings. The number of nitrogens with zero attached hydrogens (tertiary/aromatic N) is 4. The summed E-state index contributed by atoms with van der Waals surface area (Å²) in [5.41, 5.74) is 3.31. The molecule has 2 aliphatic rings. The van der Waals surface area contributed by atoms with E-state index < -0.39 is 24.3 Å². The molecule has 0 bridgehead atoms. The van der Waals surface area contributed by atoms with E-state index in [2.05, 4.69) is 51.7 Å². The second-order valence-corrected chi connectivity index (χ2v) is 13.0. The van der Waals surface area contributed by atoms with E-state index in [9.17, 15) is 19.8 Å². The average Bonchev–Trinajstić information content (AvgIpc) is 3.68. The number of hydrogen-bond donors (Lipinski definition) is 4. The van der Waals surface area contributed by atoms with Gasteiger partial charge in [0.05, 0.1) is 31.4 Å². The molecule has 11 nitrogen and oxygen atoms in total. The number of anilines is 1. The number of carbonyl (C=O) groups is 2. The second-order valence-electron chi connectivity index (χ2n) is 13.0. The van der Waals surface area contributed by atoms with Gasteiger partial charge in [0.15, 0.2) is 17.0 Å². The van der Waals surface area contributed by atoms with Crippen LogP contribution >= 0.6 is 0 Å². The van der Waals surface area contributed by atoms with Gasteiger partial charge in [-0.1, -0.05) is 73.5 Å². The number of ether oxygens (including phenoxy) is 1. The van der Waals surface area contributed by atoms with Crippen LogP contribution in [-0.2, 0) is 14.3 Å². The summed E-state index contributed by atoms with van der Waals surface area (Å²) in [6.45, 7) is 2.27. The van der Waals surface area contributed by atoms with Crippen molar-refractivity contribution >= 4 is 28.9 Å². The van der Waals surface area contributed by atoms with E-state index in [1.165, 1.54) is 7.11 Å². The third kappa shape index (κ3) is 7.77. The summed E-state index contributed by atoms with van der Waals surface area (Å²) >= 11 is 0. The van der Waals surface area contributed by atoms with E-state index in [4.69, 9.17) is 14.7 Å². The molecule has 6 rings (SSSR count). The van der Waals surface area contributed by atoms with Crippen molar-refractivity contribution in [2.24, 2.45) is 11.8 Å². The summed E-state index contributed by atoms with van der Waals surface area (Å²) in [6.07, 6.45) is 4.00. The summed E-state index contributed by atoms with van der Waals surface area (Å²) in [5, 5.41) is 28.3. The molecule has 0 unspecified atom stereocenters. The van der Waals surface area contributed by atoms with Gasteiger partial charge in [0.25, 0.3) is 0 Å². The molecule has 4 atom stereocenters. The minimum atomic E-state index is -1.14. The van der Waals surface area contributed by atoms with Crippen LogP contribution in [0.4, 0.5) is 5.82 Å². The molecule has 49 heavy (non-hydrogen) atoms. The Bertz CT molecular complexity index is 1760. The van der Waals surface area contributed by atoms with E-state index in [0.29, 0.717) is 48.1 Å². The highest BCUT2D eigenvalue weighted by molar-refractivity contribution is 5.83. The number of rotatable bonds is 10. The minimum absolute atomic E-state index is 0.0267.